The van der Waals surface area contributed by atoms with E-state index in [1.165, 1.54) is 17.4 Å². The molecule has 2 aromatic carbocycles. The molecule has 1 amide bonds. The number of aromatic nitrogens is 3. The Balaban J connectivity index is 1.51. The van der Waals surface area contributed by atoms with Crippen LogP contribution in [0.15, 0.2) is 78.5 Å². The SMILES string of the molecule is N#C/C(=C/c1cccn1-c1ccccc1Cl)C(=O)Nc1nnc(Cc2ccccc2)s1. The van der Waals surface area contributed by atoms with Crippen molar-refractivity contribution in [3.05, 3.63) is 99.8 Å². The minimum Gasteiger partial charge on any atom is -0.316 e. The maximum Gasteiger partial charge on any atom is 0.268 e. The molecule has 0 bridgehead atoms. The highest BCUT2D eigenvalue weighted by Gasteiger charge is 2.14. The fraction of sp³-hybridized carbons (Fsp3) is 0.0435. The van der Waals surface area contributed by atoms with Crippen LogP contribution in [-0.2, 0) is 11.2 Å². The zero-order chi connectivity index (χ0) is 21.6. The number of nitrogens with zero attached hydrogens (tertiary/aromatic N) is 4. The second-order valence-corrected chi connectivity index (χ2v) is 8.01. The summed E-state index contributed by atoms with van der Waals surface area (Å²) in [4.78, 5) is 12.7. The molecule has 0 spiro atoms. The zero-order valence-electron chi connectivity index (χ0n) is 16.2. The summed E-state index contributed by atoms with van der Waals surface area (Å²) in [5.74, 6) is -0.545. The molecule has 0 unspecified atom stereocenters. The number of halogens is 1. The minimum atomic E-state index is -0.545. The van der Waals surface area contributed by atoms with Gasteiger partial charge in [0.15, 0.2) is 0 Å². The van der Waals surface area contributed by atoms with Gasteiger partial charge in [0.1, 0.15) is 16.6 Å². The Morgan fingerprint density at radius 2 is 1.87 bits per heavy atom. The van der Waals surface area contributed by atoms with Crippen LogP contribution in [0.25, 0.3) is 11.8 Å². The smallest absolute Gasteiger partial charge is 0.268 e. The Bertz CT molecular complexity index is 1290. The summed E-state index contributed by atoms with van der Waals surface area (Å²) < 4.78 is 1.82. The molecule has 0 saturated heterocycles. The Morgan fingerprint density at radius 3 is 2.65 bits per heavy atom. The molecular weight excluding hydrogens is 430 g/mol. The first-order valence-electron chi connectivity index (χ1n) is 9.36. The third-order valence-electron chi connectivity index (χ3n) is 4.44. The van der Waals surface area contributed by atoms with Crippen molar-refractivity contribution >= 4 is 40.1 Å². The van der Waals surface area contributed by atoms with Gasteiger partial charge in [-0.1, -0.05) is 65.4 Å². The zero-order valence-corrected chi connectivity index (χ0v) is 17.8. The quantitative estimate of drug-likeness (QED) is 0.330. The first-order valence-corrected chi connectivity index (χ1v) is 10.5. The molecule has 4 rings (SSSR count). The number of amides is 1. The number of hydrogen-bond donors (Lipinski definition) is 1. The molecule has 0 radical (unpaired) electrons. The van der Waals surface area contributed by atoms with Crippen molar-refractivity contribution in [3.63, 3.8) is 0 Å². The molecule has 0 saturated carbocycles. The fourth-order valence-electron chi connectivity index (χ4n) is 2.99. The average Bonchev–Trinajstić information content (AvgIpc) is 3.42. The molecule has 31 heavy (non-hydrogen) atoms. The van der Waals surface area contributed by atoms with Crippen molar-refractivity contribution in [3.8, 4) is 11.8 Å². The Hall–Kier alpha value is -3.73. The monoisotopic (exact) mass is 445 g/mol. The Morgan fingerprint density at radius 1 is 1.10 bits per heavy atom. The van der Waals surface area contributed by atoms with E-state index in [9.17, 15) is 10.1 Å². The van der Waals surface area contributed by atoms with E-state index in [4.69, 9.17) is 11.6 Å². The van der Waals surface area contributed by atoms with E-state index >= 15 is 0 Å². The van der Waals surface area contributed by atoms with Crippen LogP contribution in [0.1, 0.15) is 16.3 Å². The van der Waals surface area contributed by atoms with E-state index in [1.807, 2.05) is 71.4 Å². The second kappa shape index (κ2) is 9.39. The minimum absolute atomic E-state index is 0.0492. The highest BCUT2D eigenvalue weighted by atomic mass is 35.5. The first kappa shape index (κ1) is 20.5. The summed E-state index contributed by atoms with van der Waals surface area (Å²) in [6, 6.07) is 22.8. The number of nitriles is 1. The van der Waals surface area contributed by atoms with E-state index in [2.05, 4.69) is 15.5 Å². The van der Waals surface area contributed by atoms with Crippen molar-refractivity contribution in [2.24, 2.45) is 0 Å². The number of carbonyl (C=O) groups is 1. The van der Waals surface area contributed by atoms with Gasteiger partial charge in [-0.05, 0) is 35.9 Å². The van der Waals surface area contributed by atoms with Crippen molar-refractivity contribution in [2.45, 2.75) is 6.42 Å². The third-order valence-corrected chi connectivity index (χ3v) is 5.59. The standard InChI is InChI=1S/C23H16ClN5OS/c24-19-10-4-5-11-20(19)29-12-6-9-18(29)14-17(15-25)22(30)26-23-28-27-21(31-23)13-16-7-2-1-3-8-16/h1-12,14H,13H2,(H,26,28,30)/b17-14-. The molecule has 1 N–H and O–H groups in total. The topological polar surface area (TPSA) is 83.6 Å². The van der Waals surface area contributed by atoms with Gasteiger partial charge in [-0.15, -0.1) is 10.2 Å². The van der Waals surface area contributed by atoms with E-state index in [1.54, 1.807) is 12.1 Å². The predicted octanol–water partition coefficient (Wildman–Crippen LogP) is 5.12. The summed E-state index contributed by atoms with van der Waals surface area (Å²) >= 11 is 7.57. The lowest BCUT2D eigenvalue weighted by Crippen LogP contribution is -2.13. The number of rotatable bonds is 6. The largest absolute Gasteiger partial charge is 0.316 e. The molecule has 152 valence electrons. The Labute approximate surface area is 188 Å². The fourth-order valence-corrected chi connectivity index (χ4v) is 3.98. The van der Waals surface area contributed by atoms with Crippen LogP contribution in [0.5, 0.6) is 0 Å². The molecule has 0 aliphatic carbocycles. The van der Waals surface area contributed by atoms with Gasteiger partial charge in [-0.25, -0.2) is 0 Å². The van der Waals surface area contributed by atoms with E-state index in [0.717, 1.165) is 16.3 Å². The highest BCUT2D eigenvalue weighted by Crippen LogP contribution is 2.24. The van der Waals surface area contributed by atoms with Gasteiger partial charge in [-0.2, -0.15) is 5.26 Å². The molecule has 8 heteroatoms. The van der Waals surface area contributed by atoms with Gasteiger partial charge < -0.3 is 4.57 Å². The van der Waals surface area contributed by atoms with Gasteiger partial charge in [0.05, 0.1) is 10.7 Å². The average molecular weight is 446 g/mol. The Kier molecular flexibility index (Phi) is 6.22. The molecule has 6 nitrogen and oxygen atoms in total. The van der Waals surface area contributed by atoms with Gasteiger partial charge in [0.2, 0.25) is 5.13 Å². The lowest BCUT2D eigenvalue weighted by Gasteiger charge is -2.09. The molecule has 2 aromatic heterocycles. The lowest BCUT2D eigenvalue weighted by atomic mass is 10.2. The van der Waals surface area contributed by atoms with Gasteiger partial charge in [0.25, 0.3) is 5.91 Å². The number of nitrogens with one attached hydrogen (secondary N) is 1. The molecular formula is C23H16ClN5OS. The van der Waals surface area contributed by atoms with Crippen LogP contribution in [0.3, 0.4) is 0 Å². The highest BCUT2D eigenvalue weighted by molar-refractivity contribution is 7.15. The van der Waals surface area contributed by atoms with E-state index in [0.29, 0.717) is 22.3 Å². The number of hydrogen-bond acceptors (Lipinski definition) is 5. The summed E-state index contributed by atoms with van der Waals surface area (Å²) in [5, 5.41) is 22.0. The first-order chi connectivity index (χ1) is 15.1. The lowest BCUT2D eigenvalue weighted by molar-refractivity contribution is -0.112. The van der Waals surface area contributed by atoms with Crippen LogP contribution >= 0.6 is 22.9 Å². The van der Waals surface area contributed by atoms with Crippen LogP contribution < -0.4 is 5.32 Å². The summed E-state index contributed by atoms with van der Waals surface area (Å²) in [5.41, 5.74) is 2.47. The normalized spacial score (nSPS) is 11.2. The van der Waals surface area contributed by atoms with E-state index in [-0.39, 0.29) is 5.57 Å². The number of para-hydroxylation sites is 1. The van der Waals surface area contributed by atoms with Crippen molar-refractivity contribution < 1.29 is 4.79 Å². The maximum absolute atomic E-state index is 12.7. The molecule has 0 atom stereocenters. The van der Waals surface area contributed by atoms with Crippen LogP contribution in [0, 0.1) is 11.3 Å². The summed E-state index contributed by atoms with van der Waals surface area (Å²) in [6.07, 6.45) is 3.96. The maximum atomic E-state index is 12.7. The summed E-state index contributed by atoms with van der Waals surface area (Å²) in [6.45, 7) is 0. The third kappa shape index (κ3) is 4.89. The molecule has 0 fully saturated rings. The van der Waals surface area contributed by atoms with Gasteiger partial charge in [0, 0.05) is 18.3 Å². The van der Waals surface area contributed by atoms with Crippen LogP contribution in [0.4, 0.5) is 5.13 Å². The summed E-state index contributed by atoms with van der Waals surface area (Å²) in [7, 11) is 0. The van der Waals surface area contributed by atoms with E-state index < -0.39 is 5.91 Å². The van der Waals surface area contributed by atoms with Crippen molar-refractivity contribution in [2.75, 3.05) is 5.32 Å². The van der Waals surface area contributed by atoms with Gasteiger partial charge in [-0.3, -0.25) is 10.1 Å². The molecule has 4 aromatic rings. The number of benzene rings is 2. The van der Waals surface area contributed by atoms with Crippen LogP contribution in [-0.4, -0.2) is 20.7 Å². The van der Waals surface area contributed by atoms with Gasteiger partial charge >= 0.3 is 0 Å². The number of anilines is 1. The van der Waals surface area contributed by atoms with Crippen LogP contribution in [0.2, 0.25) is 5.02 Å². The molecule has 0 aliphatic rings. The van der Waals surface area contributed by atoms with Crippen molar-refractivity contribution in [1.29, 1.82) is 5.26 Å². The predicted molar refractivity (Wildman–Crippen MR) is 122 cm³/mol. The molecule has 0 aliphatic heterocycles. The second-order valence-electron chi connectivity index (χ2n) is 6.54. The number of carbonyl (C=O) groups excluding carboxylic acids is 1. The van der Waals surface area contributed by atoms with Crippen molar-refractivity contribution in [1.82, 2.24) is 14.8 Å². The molecule has 2 heterocycles.